The quantitative estimate of drug-likeness (QED) is 0.785. The number of hydrogen-bond acceptors (Lipinski definition) is 2. The molecule has 0 fully saturated rings. The summed E-state index contributed by atoms with van der Waals surface area (Å²) in [6.45, 7) is 9.69. The first-order valence-electron chi connectivity index (χ1n) is 7.71. The van der Waals surface area contributed by atoms with Gasteiger partial charge in [0.25, 0.3) is 0 Å². The number of aryl methyl sites for hydroxylation is 1. The predicted octanol–water partition coefficient (Wildman–Crippen LogP) is 5.15. The van der Waals surface area contributed by atoms with Crippen molar-refractivity contribution in [2.75, 3.05) is 0 Å². The monoisotopic (exact) mass is 305 g/mol. The van der Waals surface area contributed by atoms with Gasteiger partial charge in [-0.25, -0.2) is 13.8 Å². The van der Waals surface area contributed by atoms with Gasteiger partial charge in [-0.15, -0.1) is 0 Å². The molecule has 120 valence electrons. The molecule has 0 atom stereocenters. The number of rotatable bonds is 3. The van der Waals surface area contributed by atoms with Crippen LogP contribution in [0.4, 0.5) is 9.18 Å². The van der Waals surface area contributed by atoms with Crippen LogP contribution < -0.4 is 0 Å². The molecule has 0 saturated heterocycles. The third-order valence-corrected chi connectivity index (χ3v) is 3.44. The van der Waals surface area contributed by atoms with Crippen molar-refractivity contribution >= 4 is 17.0 Å². The van der Waals surface area contributed by atoms with Crippen molar-refractivity contribution in [3.8, 4) is 0 Å². The summed E-state index contributed by atoms with van der Waals surface area (Å²) in [4.78, 5) is 12.4. The molecular formula is C18H24FNO2. The standard InChI is InChI=1S/C18H24FNO2/c1-12(2)9-10-13-11-20(17(21)22-18(3,4)5)16-14(13)7-6-8-15(16)19/h6-8,11-12H,9-10H2,1-5H3. The van der Waals surface area contributed by atoms with Gasteiger partial charge in [0.2, 0.25) is 0 Å². The summed E-state index contributed by atoms with van der Waals surface area (Å²) in [6.07, 6.45) is 2.97. The molecule has 0 aliphatic carbocycles. The van der Waals surface area contributed by atoms with Crippen LogP contribution in [0.25, 0.3) is 10.9 Å². The topological polar surface area (TPSA) is 31.2 Å². The molecule has 1 aromatic carbocycles. The van der Waals surface area contributed by atoms with Crippen molar-refractivity contribution in [1.82, 2.24) is 4.57 Å². The summed E-state index contributed by atoms with van der Waals surface area (Å²) >= 11 is 0. The van der Waals surface area contributed by atoms with E-state index in [-0.39, 0.29) is 0 Å². The van der Waals surface area contributed by atoms with Crippen LogP contribution in [0.5, 0.6) is 0 Å². The van der Waals surface area contributed by atoms with Crippen molar-refractivity contribution in [2.24, 2.45) is 5.92 Å². The number of aromatic nitrogens is 1. The molecule has 3 nitrogen and oxygen atoms in total. The normalized spacial score (nSPS) is 12.1. The second-order valence-electron chi connectivity index (χ2n) is 7.07. The van der Waals surface area contributed by atoms with Crippen molar-refractivity contribution in [3.05, 3.63) is 35.8 Å². The fourth-order valence-corrected chi connectivity index (χ4v) is 2.41. The van der Waals surface area contributed by atoms with Gasteiger partial charge in [-0.05, 0) is 51.2 Å². The largest absolute Gasteiger partial charge is 0.443 e. The van der Waals surface area contributed by atoms with Crippen LogP contribution >= 0.6 is 0 Å². The van der Waals surface area contributed by atoms with Crippen molar-refractivity contribution in [2.45, 2.75) is 53.1 Å². The number of para-hydroxylation sites is 1. The molecule has 4 heteroatoms. The maximum atomic E-state index is 14.2. The zero-order valence-corrected chi connectivity index (χ0v) is 13.9. The average Bonchev–Trinajstić information content (AvgIpc) is 2.75. The van der Waals surface area contributed by atoms with E-state index in [1.54, 1.807) is 33.0 Å². The summed E-state index contributed by atoms with van der Waals surface area (Å²) < 4.78 is 20.9. The van der Waals surface area contributed by atoms with Gasteiger partial charge in [-0.3, -0.25) is 0 Å². The van der Waals surface area contributed by atoms with E-state index in [1.807, 2.05) is 6.07 Å². The second kappa shape index (κ2) is 6.11. The molecule has 0 radical (unpaired) electrons. The number of fused-ring (bicyclic) bond motifs is 1. The minimum absolute atomic E-state index is 0.301. The van der Waals surface area contributed by atoms with E-state index < -0.39 is 17.5 Å². The number of hydrogen-bond donors (Lipinski definition) is 0. The molecule has 1 heterocycles. The third kappa shape index (κ3) is 3.67. The SMILES string of the molecule is CC(C)CCc1cn(C(=O)OC(C)(C)C)c2c(F)cccc12. The lowest BCUT2D eigenvalue weighted by Gasteiger charge is -2.19. The number of benzene rings is 1. The van der Waals surface area contributed by atoms with Crippen LogP contribution in [0.2, 0.25) is 0 Å². The molecule has 0 aliphatic heterocycles. The maximum Gasteiger partial charge on any atom is 0.419 e. The van der Waals surface area contributed by atoms with E-state index in [0.717, 1.165) is 23.8 Å². The molecule has 0 bridgehead atoms. The van der Waals surface area contributed by atoms with E-state index in [9.17, 15) is 9.18 Å². The van der Waals surface area contributed by atoms with Gasteiger partial charge in [0.15, 0.2) is 0 Å². The molecule has 0 N–H and O–H groups in total. The number of ether oxygens (including phenoxy) is 1. The molecule has 0 aliphatic rings. The Hall–Kier alpha value is -1.84. The second-order valence-corrected chi connectivity index (χ2v) is 7.07. The highest BCUT2D eigenvalue weighted by Gasteiger charge is 2.22. The Morgan fingerprint density at radius 3 is 2.59 bits per heavy atom. The molecular weight excluding hydrogens is 281 g/mol. The molecule has 0 spiro atoms. The van der Waals surface area contributed by atoms with Gasteiger partial charge in [-0.2, -0.15) is 0 Å². The fraction of sp³-hybridized carbons (Fsp3) is 0.500. The van der Waals surface area contributed by atoms with Crippen molar-refractivity contribution < 1.29 is 13.9 Å². The van der Waals surface area contributed by atoms with Crippen molar-refractivity contribution in [1.29, 1.82) is 0 Å². The van der Waals surface area contributed by atoms with Crippen LogP contribution in [-0.2, 0) is 11.2 Å². The summed E-state index contributed by atoms with van der Waals surface area (Å²) in [6, 6.07) is 4.90. The van der Waals surface area contributed by atoms with Crippen LogP contribution in [0.15, 0.2) is 24.4 Å². The third-order valence-electron chi connectivity index (χ3n) is 3.44. The first-order valence-corrected chi connectivity index (χ1v) is 7.71. The molecule has 0 saturated carbocycles. The Balaban J connectivity index is 2.47. The minimum atomic E-state index is -0.614. The van der Waals surface area contributed by atoms with E-state index in [0.29, 0.717) is 11.4 Å². The first kappa shape index (κ1) is 16.5. The Morgan fingerprint density at radius 2 is 2.00 bits per heavy atom. The van der Waals surface area contributed by atoms with E-state index >= 15 is 0 Å². The van der Waals surface area contributed by atoms with Crippen LogP contribution in [0, 0.1) is 11.7 Å². The summed E-state index contributed by atoms with van der Waals surface area (Å²) in [5.74, 6) is 0.146. The predicted molar refractivity (Wildman–Crippen MR) is 86.7 cm³/mol. The lowest BCUT2D eigenvalue weighted by atomic mass is 10.0. The number of carbonyl (C=O) groups is 1. The van der Waals surface area contributed by atoms with Gasteiger partial charge < -0.3 is 4.74 Å². The lowest BCUT2D eigenvalue weighted by Crippen LogP contribution is -2.26. The molecule has 22 heavy (non-hydrogen) atoms. The van der Waals surface area contributed by atoms with Gasteiger partial charge in [-0.1, -0.05) is 26.0 Å². The minimum Gasteiger partial charge on any atom is -0.443 e. The zero-order valence-electron chi connectivity index (χ0n) is 13.9. The Kier molecular flexibility index (Phi) is 4.59. The smallest absolute Gasteiger partial charge is 0.419 e. The van der Waals surface area contributed by atoms with Crippen LogP contribution in [-0.4, -0.2) is 16.3 Å². The highest BCUT2D eigenvalue weighted by Crippen LogP contribution is 2.27. The highest BCUT2D eigenvalue weighted by molar-refractivity contribution is 5.92. The number of halogens is 1. The Labute approximate surface area is 131 Å². The maximum absolute atomic E-state index is 14.2. The van der Waals surface area contributed by atoms with E-state index in [1.165, 1.54) is 10.6 Å². The van der Waals surface area contributed by atoms with Crippen LogP contribution in [0.1, 0.15) is 46.6 Å². The van der Waals surface area contributed by atoms with Gasteiger partial charge in [0.1, 0.15) is 11.4 Å². The zero-order chi connectivity index (χ0) is 16.5. The lowest BCUT2D eigenvalue weighted by molar-refractivity contribution is 0.0543. The Morgan fingerprint density at radius 1 is 1.32 bits per heavy atom. The summed E-state index contributed by atoms with van der Waals surface area (Å²) in [5.41, 5.74) is 0.668. The number of carbonyl (C=O) groups excluding carboxylic acids is 1. The molecule has 2 aromatic rings. The van der Waals surface area contributed by atoms with Gasteiger partial charge in [0, 0.05) is 11.6 Å². The van der Waals surface area contributed by atoms with Crippen LogP contribution in [0.3, 0.4) is 0 Å². The van der Waals surface area contributed by atoms with Crippen molar-refractivity contribution in [3.63, 3.8) is 0 Å². The Bertz CT molecular complexity index is 680. The number of nitrogens with zero attached hydrogens (tertiary/aromatic N) is 1. The molecule has 0 unspecified atom stereocenters. The average molecular weight is 305 g/mol. The first-order chi connectivity index (χ1) is 10.2. The van der Waals surface area contributed by atoms with E-state index in [4.69, 9.17) is 4.74 Å². The highest BCUT2D eigenvalue weighted by atomic mass is 19.1. The van der Waals surface area contributed by atoms with Gasteiger partial charge in [0.05, 0.1) is 5.52 Å². The molecule has 1 aromatic heterocycles. The van der Waals surface area contributed by atoms with E-state index in [2.05, 4.69) is 13.8 Å². The summed E-state index contributed by atoms with van der Waals surface area (Å²) in [5, 5.41) is 0.784. The molecule has 0 amide bonds. The molecule has 2 rings (SSSR count). The fourth-order valence-electron chi connectivity index (χ4n) is 2.41. The van der Waals surface area contributed by atoms with Gasteiger partial charge >= 0.3 is 6.09 Å². The summed E-state index contributed by atoms with van der Waals surface area (Å²) in [7, 11) is 0.